The molecule has 2 N–H and O–H groups in total. The van der Waals surface area contributed by atoms with Crippen LogP contribution in [0, 0.1) is 0 Å². The van der Waals surface area contributed by atoms with Gasteiger partial charge in [-0.05, 0) is 17.7 Å². The highest BCUT2D eigenvalue weighted by molar-refractivity contribution is 9.10. The number of nitrogens with zero attached hydrogens (tertiary/aromatic N) is 2. The highest BCUT2D eigenvalue weighted by Crippen LogP contribution is 2.19. The van der Waals surface area contributed by atoms with Gasteiger partial charge in [0.1, 0.15) is 0 Å². The molecule has 0 saturated carbocycles. The Kier molecular flexibility index (Phi) is 2.98. The summed E-state index contributed by atoms with van der Waals surface area (Å²) in [4.78, 5) is 4.28. The maximum atomic E-state index is 4.28. The molecule has 3 rings (SSSR count). The lowest BCUT2D eigenvalue weighted by atomic mass is 10.2. The van der Waals surface area contributed by atoms with Crippen LogP contribution >= 0.6 is 15.9 Å². The minimum atomic E-state index is 0.756. The molecule has 18 heavy (non-hydrogen) atoms. The number of H-pyrrole nitrogens is 1. The molecule has 0 aliphatic rings. The first-order valence-electron chi connectivity index (χ1n) is 5.59. The second-order valence-electron chi connectivity index (χ2n) is 3.98. The number of benzene rings is 1. The summed E-state index contributed by atoms with van der Waals surface area (Å²) >= 11 is 3.53. The minimum Gasteiger partial charge on any atom is -0.380 e. The Morgan fingerprint density at radius 3 is 3.00 bits per heavy atom. The van der Waals surface area contributed by atoms with Crippen molar-refractivity contribution < 1.29 is 0 Å². The van der Waals surface area contributed by atoms with Crippen LogP contribution in [0.3, 0.4) is 0 Å². The van der Waals surface area contributed by atoms with Gasteiger partial charge in [0.2, 0.25) is 0 Å². The topological polar surface area (TPSA) is 53.6 Å². The number of nitrogens with one attached hydrogen (secondary N) is 2. The third kappa shape index (κ3) is 2.22. The normalized spacial score (nSPS) is 10.7. The Hall–Kier alpha value is -1.88. The van der Waals surface area contributed by atoms with Crippen LogP contribution in [0.25, 0.3) is 11.0 Å². The Bertz CT molecular complexity index is 677. The minimum absolute atomic E-state index is 0.756. The van der Waals surface area contributed by atoms with Gasteiger partial charge in [0.15, 0.2) is 5.65 Å². The van der Waals surface area contributed by atoms with E-state index in [9.17, 15) is 0 Å². The fourth-order valence-corrected chi connectivity index (χ4v) is 2.20. The lowest BCUT2D eigenvalue weighted by molar-refractivity contribution is 1.09. The molecule has 0 radical (unpaired) electrons. The first-order valence-corrected chi connectivity index (χ1v) is 6.38. The van der Waals surface area contributed by atoms with Crippen LogP contribution in [0.5, 0.6) is 0 Å². The average molecular weight is 303 g/mol. The molecular weight excluding hydrogens is 292 g/mol. The lowest BCUT2D eigenvalue weighted by Gasteiger charge is -2.07. The van der Waals surface area contributed by atoms with E-state index in [0.29, 0.717) is 0 Å². The summed E-state index contributed by atoms with van der Waals surface area (Å²) < 4.78 is 1.11. The number of rotatable bonds is 3. The first kappa shape index (κ1) is 11.2. The van der Waals surface area contributed by atoms with E-state index in [-0.39, 0.29) is 0 Å². The highest BCUT2D eigenvalue weighted by Gasteiger charge is 2.01. The zero-order valence-corrected chi connectivity index (χ0v) is 11.1. The zero-order valence-electron chi connectivity index (χ0n) is 9.52. The standard InChI is InChI=1S/C13H11BrN4/c14-12-4-2-1-3-9(12)6-15-11-5-10-7-17-18-13(10)16-8-11/h1-5,7-8,15H,6H2,(H,16,17,18). The maximum Gasteiger partial charge on any atom is 0.155 e. The molecule has 3 aromatic rings. The van der Waals surface area contributed by atoms with Crippen molar-refractivity contribution in [3.05, 3.63) is 52.8 Å². The molecule has 2 aromatic heterocycles. The fourth-order valence-electron chi connectivity index (χ4n) is 1.77. The lowest BCUT2D eigenvalue weighted by Crippen LogP contribution is -2.00. The SMILES string of the molecule is Brc1ccccc1CNc1cnc2[nH]ncc2c1. The van der Waals surface area contributed by atoms with Crippen molar-refractivity contribution in [1.82, 2.24) is 15.2 Å². The number of hydrogen-bond donors (Lipinski definition) is 2. The first-order chi connectivity index (χ1) is 8.83. The Labute approximate surface area is 113 Å². The average Bonchev–Trinajstić information content (AvgIpc) is 2.85. The van der Waals surface area contributed by atoms with E-state index in [1.807, 2.05) is 24.3 Å². The molecule has 0 aliphatic heterocycles. The van der Waals surface area contributed by atoms with E-state index < -0.39 is 0 Å². The summed E-state index contributed by atoms with van der Waals surface area (Å²) in [6, 6.07) is 10.2. The zero-order chi connectivity index (χ0) is 12.4. The van der Waals surface area contributed by atoms with Crippen molar-refractivity contribution in [2.75, 3.05) is 5.32 Å². The van der Waals surface area contributed by atoms with Gasteiger partial charge >= 0.3 is 0 Å². The quantitative estimate of drug-likeness (QED) is 0.780. The largest absolute Gasteiger partial charge is 0.380 e. The third-order valence-electron chi connectivity index (χ3n) is 2.73. The van der Waals surface area contributed by atoms with Gasteiger partial charge in [0.25, 0.3) is 0 Å². The predicted molar refractivity (Wildman–Crippen MR) is 75.4 cm³/mol. The molecule has 5 heteroatoms. The fraction of sp³-hybridized carbons (Fsp3) is 0.0769. The van der Waals surface area contributed by atoms with E-state index in [1.54, 1.807) is 12.4 Å². The van der Waals surface area contributed by atoms with Gasteiger partial charge in [-0.1, -0.05) is 34.1 Å². The molecule has 90 valence electrons. The smallest absolute Gasteiger partial charge is 0.155 e. The van der Waals surface area contributed by atoms with E-state index >= 15 is 0 Å². The van der Waals surface area contributed by atoms with Crippen LogP contribution in [-0.4, -0.2) is 15.2 Å². The number of fused-ring (bicyclic) bond motifs is 1. The van der Waals surface area contributed by atoms with Gasteiger partial charge in [0, 0.05) is 16.4 Å². The monoisotopic (exact) mass is 302 g/mol. The Balaban J connectivity index is 1.78. The molecule has 4 nitrogen and oxygen atoms in total. The van der Waals surface area contributed by atoms with E-state index in [2.05, 4.69) is 42.5 Å². The number of hydrogen-bond acceptors (Lipinski definition) is 3. The van der Waals surface area contributed by atoms with E-state index in [1.165, 1.54) is 5.56 Å². The van der Waals surface area contributed by atoms with E-state index in [4.69, 9.17) is 0 Å². The van der Waals surface area contributed by atoms with Crippen LogP contribution in [0.1, 0.15) is 5.56 Å². The van der Waals surface area contributed by atoms with Crippen molar-refractivity contribution in [2.24, 2.45) is 0 Å². The number of pyridine rings is 1. The van der Waals surface area contributed by atoms with Crippen molar-refractivity contribution in [1.29, 1.82) is 0 Å². The van der Waals surface area contributed by atoms with Crippen molar-refractivity contribution in [3.63, 3.8) is 0 Å². The van der Waals surface area contributed by atoms with Crippen molar-refractivity contribution in [3.8, 4) is 0 Å². The molecule has 1 aromatic carbocycles. The predicted octanol–water partition coefficient (Wildman–Crippen LogP) is 3.33. The van der Waals surface area contributed by atoms with Crippen molar-refractivity contribution in [2.45, 2.75) is 6.54 Å². The summed E-state index contributed by atoms with van der Waals surface area (Å²) in [5.74, 6) is 0. The summed E-state index contributed by atoms with van der Waals surface area (Å²) in [6.45, 7) is 0.756. The number of anilines is 1. The molecule has 0 saturated heterocycles. The van der Waals surface area contributed by atoms with Gasteiger partial charge in [-0.3, -0.25) is 5.10 Å². The van der Waals surface area contributed by atoms with Crippen LogP contribution < -0.4 is 5.32 Å². The molecule has 0 amide bonds. The van der Waals surface area contributed by atoms with Gasteiger partial charge in [-0.25, -0.2) is 4.98 Å². The van der Waals surface area contributed by atoms with Crippen molar-refractivity contribution >= 4 is 32.7 Å². The summed E-state index contributed by atoms with van der Waals surface area (Å²) in [7, 11) is 0. The Morgan fingerprint density at radius 1 is 1.22 bits per heavy atom. The number of aromatic amines is 1. The number of aromatic nitrogens is 3. The summed E-state index contributed by atoms with van der Waals surface area (Å²) in [5.41, 5.74) is 3.01. The van der Waals surface area contributed by atoms with Gasteiger partial charge in [0.05, 0.1) is 18.1 Å². The molecule has 0 aliphatic carbocycles. The third-order valence-corrected chi connectivity index (χ3v) is 3.51. The van der Waals surface area contributed by atoms with Crippen LogP contribution in [0.4, 0.5) is 5.69 Å². The molecular formula is C13H11BrN4. The van der Waals surface area contributed by atoms with Crippen LogP contribution in [0.2, 0.25) is 0 Å². The molecule has 0 unspecified atom stereocenters. The highest BCUT2D eigenvalue weighted by atomic mass is 79.9. The molecule has 0 atom stereocenters. The maximum absolute atomic E-state index is 4.28. The molecule has 2 heterocycles. The van der Waals surface area contributed by atoms with Gasteiger partial charge in [-0.15, -0.1) is 0 Å². The second kappa shape index (κ2) is 4.78. The molecule has 0 fully saturated rings. The van der Waals surface area contributed by atoms with Crippen LogP contribution in [-0.2, 0) is 6.54 Å². The second-order valence-corrected chi connectivity index (χ2v) is 4.83. The molecule has 0 bridgehead atoms. The Morgan fingerprint density at radius 2 is 2.11 bits per heavy atom. The summed E-state index contributed by atoms with van der Waals surface area (Å²) in [5, 5.41) is 11.1. The van der Waals surface area contributed by atoms with Gasteiger partial charge in [-0.2, -0.15) is 5.10 Å². The summed E-state index contributed by atoms with van der Waals surface area (Å²) in [6.07, 6.45) is 3.57. The van der Waals surface area contributed by atoms with Crippen LogP contribution in [0.15, 0.2) is 47.2 Å². The molecule has 0 spiro atoms. The van der Waals surface area contributed by atoms with Gasteiger partial charge < -0.3 is 5.32 Å². The number of halogens is 1. The van der Waals surface area contributed by atoms with E-state index in [0.717, 1.165) is 27.7 Å².